The molecule has 1 fully saturated rings. The Morgan fingerprint density at radius 3 is 2.88 bits per heavy atom. The minimum absolute atomic E-state index is 0.128. The summed E-state index contributed by atoms with van der Waals surface area (Å²) >= 11 is 0. The maximum Gasteiger partial charge on any atom is 0.411 e. The highest BCUT2D eigenvalue weighted by Gasteiger charge is 2.35. The number of carbonyl (C=O) groups excluding carboxylic acids is 1. The number of methoxy groups -OCH3 is 1. The summed E-state index contributed by atoms with van der Waals surface area (Å²) in [4.78, 5) is 11.0. The third-order valence-electron chi connectivity index (χ3n) is 2.68. The fourth-order valence-electron chi connectivity index (χ4n) is 1.63. The van der Waals surface area contributed by atoms with Crippen LogP contribution in [0.15, 0.2) is 18.2 Å². The predicted molar refractivity (Wildman–Crippen MR) is 57.8 cm³/mol. The molecule has 1 aliphatic rings. The van der Waals surface area contributed by atoms with Crippen molar-refractivity contribution in [3.63, 3.8) is 0 Å². The summed E-state index contributed by atoms with van der Waals surface area (Å²) in [7, 11) is 1.23. The molecule has 0 radical (unpaired) electrons. The summed E-state index contributed by atoms with van der Waals surface area (Å²) in [5.41, 5.74) is 6.78. The van der Waals surface area contributed by atoms with E-state index in [1.54, 1.807) is 12.1 Å². The van der Waals surface area contributed by atoms with E-state index in [1.165, 1.54) is 13.2 Å². The van der Waals surface area contributed by atoms with Crippen molar-refractivity contribution in [2.24, 2.45) is 5.73 Å². The summed E-state index contributed by atoms with van der Waals surface area (Å²) in [5.74, 6) is -0.206. The van der Waals surface area contributed by atoms with Crippen molar-refractivity contribution in [1.82, 2.24) is 0 Å². The van der Waals surface area contributed by atoms with Gasteiger partial charge in [-0.2, -0.15) is 0 Å². The van der Waals surface area contributed by atoms with Gasteiger partial charge in [0.1, 0.15) is 5.82 Å². The van der Waals surface area contributed by atoms with Gasteiger partial charge in [-0.05, 0) is 24.1 Å². The lowest BCUT2D eigenvalue weighted by atomic mass is 10.1. The van der Waals surface area contributed by atoms with Gasteiger partial charge in [-0.1, -0.05) is 6.07 Å². The SMILES string of the molecule is COC(=O)Nc1cc(C2CC2N)ccc1F. The molecule has 2 unspecified atom stereocenters. The molecular formula is C11H13FN2O2. The van der Waals surface area contributed by atoms with Crippen molar-refractivity contribution in [3.8, 4) is 0 Å². The summed E-state index contributed by atoms with van der Waals surface area (Å²) < 4.78 is 17.8. The molecule has 0 heterocycles. The fourth-order valence-corrected chi connectivity index (χ4v) is 1.63. The molecule has 1 aliphatic carbocycles. The van der Waals surface area contributed by atoms with E-state index in [1.807, 2.05) is 0 Å². The van der Waals surface area contributed by atoms with E-state index in [4.69, 9.17) is 5.73 Å². The number of halogens is 1. The van der Waals surface area contributed by atoms with Crippen LogP contribution in [-0.2, 0) is 4.74 Å². The second-order valence-electron chi connectivity index (χ2n) is 3.86. The van der Waals surface area contributed by atoms with Crippen LogP contribution >= 0.6 is 0 Å². The molecule has 1 saturated carbocycles. The van der Waals surface area contributed by atoms with Crippen molar-refractivity contribution >= 4 is 11.8 Å². The highest BCUT2D eigenvalue weighted by Crippen LogP contribution is 2.40. The van der Waals surface area contributed by atoms with Crippen LogP contribution in [0, 0.1) is 5.82 Å². The van der Waals surface area contributed by atoms with Gasteiger partial charge in [0.2, 0.25) is 0 Å². The number of nitrogens with one attached hydrogen (secondary N) is 1. The lowest BCUT2D eigenvalue weighted by Gasteiger charge is -2.07. The van der Waals surface area contributed by atoms with Crippen molar-refractivity contribution in [2.75, 3.05) is 12.4 Å². The van der Waals surface area contributed by atoms with Gasteiger partial charge in [-0.3, -0.25) is 5.32 Å². The van der Waals surface area contributed by atoms with Gasteiger partial charge in [0.05, 0.1) is 12.8 Å². The van der Waals surface area contributed by atoms with Gasteiger partial charge in [-0.15, -0.1) is 0 Å². The number of rotatable bonds is 2. The Labute approximate surface area is 92.6 Å². The molecule has 1 aromatic carbocycles. The van der Waals surface area contributed by atoms with Crippen LogP contribution in [0.25, 0.3) is 0 Å². The van der Waals surface area contributed by atoms with E-state index < -0.39 is 11.9 Å². The van der Waals surface area contributed by atoms with E-state index in [2.05, 4.69) is 10.1 Å². The minimum atomic E-state index is -0.684. The number of benzene rings is 1. The van der Waals surface area contributed by atoms with Gasteiger partial charge >= 0.3 is 6.09 Å². The van der Waals surface area contributed by atoms with Crippen molar-refractivity contribution in [2.45, 2.75) is 18.4 Å². The Kier molecular flexibility index (Phi) is 2.78. The topological polar surface area (TPSA) is 64.3 Å². The molecule has 0 bridgehead atoms. The van der Waals surface area contributed by atoms with E-state index in [9.17, 15) is 9.18 Å². The third-order valence-corrected chi connectivity index (χ3v) is 2.68. The van der Waals surface area contributed by atoms with Crippen LogP contribution in [0.3, 0.4) is 0 Å². The smallest absolute Gasteiger partial charge is 0.411 e. The number of nitrogens with two attached hydrogens (primary N) is 1. The standard InChI is InChI=1S/C11H13FN2O2/c1-16-11(15)14-10-4-6(2-3-8(10)12)7-5-9(7)13/h2-4,7,9H,5,13H2,1H3,(H,14,15). The summed E-state index contributed by atoms with van der Waals surface area (Å²) in [6, 6.07) is 4.77. The van der Waals surface area contributed by atoms with E-state index >= 15 is 0 Å². The van der Waals surface area contributed by atoms with Gasteiger partial charge in [0.15, 0.2) is 0 Å². The predicted octanol–water partition coefficient (Wildman–Crippen LogP) is 1.82. The summed E-state index contributed by atoms with van der Waals surface area (Å²) in [6.07, 6.45) is 0.222. The third kappa shape index (κ3) is 2.14. The molecule has 4 nitrogen and oxygen atoms in total. The molecule has 5 heteroatoms. The minimum Gasteiger partial charge on any atom is -0.453 e. The zero-order valence-corrected chi connectivity index (χ0v) is 8.87. The number of hydrogen-bond donors (Lipinski definition) is 2. The highest BCUT2D eigenvalue weighted by molar-refractivity contribution is 5.84. The molecule has 3 N–H and O–H groups in total. The average Bonchev–Trinajstić information content (AvgIpc) is 2.98. The number of anilines is 1. The van der Waals surface area contributed by atoms with Crippen LogP contribution in [0.2, 0.25) is 0 Å². The monoisotopic (exact) mass is 224 g/mol. The van der Waals surface area contributed by atoms with Gasteiger partial charge in [0.25, 0.3) is 0 Å². The summed E-state index contributed by atoms with van der Waals surface area (Å²) in [5, 5.41) is 2.32. The first-order valence-electron chi connectivity index (χ1n) is 5.02. The first kappa shape index (κ1) is 10.9. The van der Waals surface area contributed by atoms with E-state index in [0.29, 0.717) is 0 Å². The molecule has 86 valence electrons. The lowest BCUT2D eigenvalue weighted by Crippen LogP contribution is -2.12. The molecular weight excluding hydrogens is 211 g/mol. The lowest BCUT2D eigenvalue weighted by molar-refractivity contribution is 0.187. The molecule has 1 amide bonds. The Balaban J connectivity index is 2.19. The second kappa shape index (κ2) is 4.09. The molecule has 2 atom stereocenters. The quantitative estimate of drug-likeness (QED) is 0.805. The zero-order chi connectivity index (χ0) is 11.7. The Hall–Kier alpha value is -1.62. The van der Waals surface area contributed by atoms with Crippen LogP contribution in [0.5, 0.6) is 0 Å². The maximum absolute atomic E-state index is 13.3. The van der Waals surface area contributed by atoms with E-state index in [0.717, 1.165) is 12.0 Å². The van der Waals surface area contributed by atoms with Crippen LogP contribution < -0.4 is 11.1 Å². The van der Waals surface area contributed by atoms with Gasteiger partial charge in [0, 0.05) is 12.0 Å². The number of amides is 1. The normalized spacial score (nSPS) is 22.7. The molecule has 0 spiro atoms. The van der Waals surface area contributed by atoms with Crippen molar-refractivity contribution in [1.29, 1.82) is 0 Å². The van der Waals surface area contributed by atoms with Crippen LogP contribution in [0.4, 0.5) is 14.9 Å². The summed E-state index contributed by atoms with van der Waals surface area (Å²) in [6.45, 7) is 0. The molecule has 0 aromatic heterocycles. The zero-order valence-electron chi connectivity index (χ0n) is 8.87. The van der Waals surface area contributed by atoms with E-state index in [-0.39, 0.29) is 17.6 Å². The Bertz CT molecular complexity index is 422. The highest BCUT2D eigenvalue weighted by atomic mass is 19.1. The first-order chi connectivity index (χ1) is 7.61. The van der Waals surface area contributed by atoms with Crippen LogP contribution in [-0.4, -0.2) is 19.2 Å². The Morgan fingerprint density at radius 2 is 2.31 bits per heavy atom. The molecule has 2 rings (SSSR count). The maximum atomic E-state index is 13.3. The first-order valence-corrected chi connectivity index (χ1v) is 5.02. The average molecular weight is 224 g/mol. The number of ether oxygens (including phenoxy) is 1. The molecule has 1 aromatic rings. The number of carbonyl (C=O) groups is 1. The van der Waals surface area contributed by atoms with Gasteiger partial charge < -0.3 is 10.5 Å². The second-order valence-corrected chi connectivity index (χ2v) is 3.86. The molecule has 0 aliphatic heterocycles. The molecule has 16 heavy (non-hydrogen) atoms. The number of hydrogen-bond acceptors (Lipinski definition) is 3. The van der Waals surface area contributed by atoms with Crippen LogP contribution in [0.1, 0.15) is 17.9 Å². The van der Waals surface area contributed by atoms with Crippen molar-refractivity contribution < 1.29 is 13.9 Å². The largest absolute Gasteiger partial charge is 0.453 e. The fraction of sp³-hybridized carbons (Fsp3) is 0.364. The van der Waals surface area contributed by atoms with Gasteiger partial charge in [-0.25, -0.2) is 9.18 Å². The molecule has 0 saturated heterocycles. The Morgan fingerprint density at radius 1 is 1.62 bits per heavy atom. The van der Waals surface area contributed by atoms with Crippen molar-refractivity contribution in [3.05, 3.63) is 29.6 Å².